The van der Waals surface area contributed by atoms with Gasteiger partial charge in [-0.25, -0.2) is 0 Å². The van der Waals surface area contributed by atoms with Gasteiger partial charge in [-0.2, -0.15) is 5.10 Å². The van der Waals surface area contributed by atoms with E-state index in [1.165, 1.54) is 10.4 Å². The zero-order valence-electron chi connectivity index (χ0n) is 13.6. The maximum atomic E-state index is 12.7. The van der Waals surface area contributed by atoms with Gasteiger partial charge in [0.25, 0.3) is 0 Å². The second-order valence-electron chi connectivity index (χ2n) is 6.39. The Morgan fingerprint density at radius 2 is 2.38 bits per heavy atom. The summed E-state index contributed by atoms with van der Waals surface area (Å²) in [6.07, 6.45) is 4.80. The number of thiophene rings is 1. The third kappa shape index (κ3) is 3.53. The fourth-order valence-electron chi connectivity index (χ4n) is 3.40. The van der Waals surface area contributed by atoms with Crippen LogP contribution in [-0.2, 0) is 29.0 Å². The molecule has 24 heavy (non-hydrogen) atoms. The lowest BCUT2D eigenvalue weighted by Gasteiger charge is -2.34. The molecule has 1 atom stereocenters. The third-order valence-corrected chi connectivity index (χ3v) is 5.72. The lowest BCUT2D eigenvalue weighted by Crippen LogP contribution is -2.49. The lowest BCUT2D eigenvalue weighted by molar-refractivity contribution is -0.135. The van der Waals surface area contributed by atoms with Gasteiger partial charge in [-0.1, -0.05) is 0 Å². The van der Waals surface area contributed by atoms with Crippen molar-refractivity contribution in [2.75, 3.05) is 32.8 Å². The van der Waals surface area contributed by atoms with Crippen molar-refractivity contribution in [1.29, 1.82) is 0 Å². The summed E-state index contributed by atoms with van der Waals surface area (Å²) in [6, 6.07) is 4.06. The highest BCUT2D eigenvalue weighted by molar-refractivity contribution is 7.10. The van der Waals surface area contributed by atoms with Gasteiger partial charge in [-0.05, 0) is 29.5 Å². The van der Waals surface area contributed by atoms with Crippen LogP contribution in [0.15, 0.2) is 29.9 Å². The van der Waals surface area contributed by atoms with Crippen LogP contribution in [0.5, 0.6) is 0 Å². The van der Waals surface area contributed by atoms with E-state index in [1.807, 2.05) is 21.8 Å². The van der Waals surface area contributed by atoms with E-state index in [0.717, 1.165) is 39.1 Å². The van der Waals surface area contributed by atoms with E-state index in [2.05, 4.69) is 21.4 Å². The van der Waals surface area contributed by atoms with Gasteiger partial charge >= 0.3 is 0 Å². The van der Waals surface area contributed by atoms with E-state index in [1.54, 1.807) is 17.5 Å². The van der Waals surface area contributed by atoms with Crippen molar-refractivity contribution in [3.63, 3.8) is 0 Å². The highest BCUT2D eigenvalue weighted by Crippen LogP contribution is 2.24. The van der Waals surface area contributed by atoms with Gasteiger partial charge in [0.05, 0.1) is 25.8 Å². The molecule has 0 aromatic carbocycles. The molecule has 7 heteroatoms. The Hall–Kier alpha value is -1.70. The number of ether oxygens (including phenoxy) is 1. The minimum atomic E-state index is 0.0938. The summed E-state index contributed by atoms with van der Waals surface area (Å²) in [5.74, 6) is 0.228. The summed E-state index contributed by atoms with van der Waals surface area (Å²) in [4.78, 5) is 18.3. The number of amides is 1. The number of rotatable bonds is 4. The Balaban J connectivity index is 1.31. The number of hydrogen-bond acceptors (Lipinski definition) is 5. The van der Waals surface area contributed by atoms with Gasteiger partial charge in [-0.3, -0.25) is 14.4 Å². The van der Waals surface area contributed by atoms with Crippen LogP contribution in [0.4, 0.5) is 0 Å². The zero-order chi connectivity index (χ0) is 16.4. The van der Waals surface area contributed by atoms with Gasteiger partial charge < -0.3 is 9.64 Å². The first-order chi connectivity index (χ1) is 11.8. The molecule has 1 amide bonds. The van der Waals surface area contributed by atoms with E-state index in [0.29, 0.717) is 13.2 Å². The monoisotopic (exact) mass is 346 g/mol. The smallest absolute Gasteiger partial charge is 0.237 e. The van der Waals surface area contributed by atoms with Crippen LogP contribution in [0.1, 0.15) is 10.4 Å². The fourth-order valence-corrected chi connectivity index (χ4v) is 4.29. The Morgan fingerprint density at radius 1 is 1.42 bits per heavy atom. The van der Waals surface area contributed by atoms with Crippen molar-refractivity contribution in [1.82, 2.24) is 19.6 Å². The molecule has 0 spiro atoms. The van der Waals surface area contributed by atoms with Crippen molar-refractivity contribution in [3.8, 4) is 0 Å². The van der Waals surface area contributed by atoms with E-state index in [-0.39, 0.29) is 12.0 Å². The minimum absolute atomic E-state index is 0.0938. The van der Waals surface area contributed by atoms with Crippen molar-refractivity contribution < 1.29 is 9.53 Å². The summed E-state index contributed by atoms with van der Waals surface area (Å²) in [5, 5.41) is 6.36. The molecule has 128 valence electrons. The normalized spacial score (nSPS) is 21.7. The quantitative estimate of drug-likeness (QED) is 0.836. The van der Waals surface area contributed by atoms with Gasteiger partial charge in [0.15, 0.2) is 0 Å². The first-order valence-corrected chi connectivity index (χ1v) is 9.30. The standard InChI is InChI=1S/C17H22N4O2S/c22-17(20-6-2-16-14(10-20)3-9-24-16)13-19-7-8-23-15(11-19)12-21-5-1-4-18-21/h1,3-5,9,15H,2,6-8,10-13H2/t15-/m0/s1. The highest BCUT2D eigenvalue weighted by Gasteiger charge is 2.26. The van der Waals surface area contributed by atoms with Gasteiger partial charge in [0.2, 0.25) is 5.91 Å². The summed E-state index contributed by atoms with van der Waals surface area (Å²) in [7, 11) is 0. The maximum absolute atomic E-state index is 12.7. The van der Waals surface area contributed by atoms with Gasteiger partial charge in [0.1, 0.15) is 0 Å². The number of morpholine rings is 1. The molecule has 2 aromatic heterocycles. The van der Waals surface area contributed by atoms with Crippen LogP contribution in [-0.4, -0.2) is 64.4 Å². The van der Waals surface area contributed by atoms with Crippen molar-refractivity contribution in [2.24, 2.45) is 0 Å². The molecule has 0 saturated carbocycles. The van der Waals surface area contributed by atoms with Gasteiger partial charge in [-0.15, -0.1) is 11.3 Å². The van der Waals surface area contributed by atoms with Crippen LogP contribution in [0.2, 0.25) is 0 Å². The lowest BCUT2D eigenvalue weighted by atomic mass is 10.1. The number of nitrogens with zero attached hydrogens (tertiary/aromatic N) is 4. The summed E-state index contributed by atoms with van der Waals surface area (Å²) < 4.78 is 7.71. The molecule has 2 aliphatic heterocycles. The average molecular weight is 346 g/mol. The highest BCUT2D eigenvalue weighted by atomic mass is 32.1. The summed E-state index contributed by atoms with van der Waals surface area (Å²) >= 11 is 1.80. The van der Waals surface area contributed by atoms with Crippen LogP contribution in [0, 0.1) is 0 Å². The van der Waals surface area contributed by atoms with Crippen LogP contribution >= 0.6 is 11.3 Å². The summed E-state index contributed by atoms with van der Waals surface area (Å²) in [6.45, 7) is 5.10. The molecule has 2 aromatic rings. The third-order valence-electron chi connectivity index (χ3n) is 4.69. The average Bonchev–Trinajstić information content (AvgIpc) is 3.25. The number of fused-ring (bicyclic) bond motifs is 1. The van der Waals surface area contributed by atoms with Crippen molar-refractivity contribution in [3.05, 3.63) is 40.3 Å². The SMILES string of the molecule is O=C(CN1CCO[C@H](Cn2cccn2)C1)N1CCc2sccc2C1. The molecule has 6 nitrogen and oxygen atoms in total. The number of aromatic nitrogens is 2. The Kier molecular flexibility index (Phi) is 4.64. The molecule has 0 N–H and O–H groups in total. The van der Waals surface area contributed by atoms with Crippen molar-refractivity contribution >= 4 is 17.2 Å². The molecule has 0 aliphatic carbocycles. The number of carbonyl (C=O) groups is 1. The molecule has 1 fully saturated rings. The van der Waals surface area contributed by atoms with E-state index in [4.69, 9.17) is 4.74 Å². The topological polar surface area (TPSA) is 50.6 Å². The molecule has 1 saturated heterocycles. The molecule has 0 bridgehead atoms. The van der Waals surface area contributed by atoms with Crippen LogP contribution in [0.3, 0.4) is 0 Å². The van der Waals surface area contributed by atoms with Gasteiger partial charge in [0, 0.05) is 43.4 Å². The number of carbonyl (C=O) groups excluding carboxylic acids is 1. The molecule has 0 radical (unpaired) electrons. The largest absolute Gasteiger partial charge is 0.374 e. The Morgan fingerprint density at radius 3 is 3.25 bits per heavy atom. The van der Waals surface area contributed by atoms with Crippen LogP contribution in [0.25, 0.3) is 0 Å². The summed E-state index contributed by atoms with van der Waals surface area (Å²) in [5.41, 5.74) is 1.32. The number of hydrogen-bond donors (Lipinski definition) is 0. The molecule has 2 aliphatic rings. The molecule has 0 unspecified atom stereocenters. The van der Waals surface area contributed by atoms with Crippen LogP contribution < -0.4 is 0 Å². The Labute approximate surface area is 145 Å². The first-order valence-electron chi connectivity index (χ1n) is 8.42. The van der Waals surface area contributed by atoms with E-state index >= 15 is 0 Å². The Bertz CT molecular complexity index is 685. The second kappa shape index (κ2) is 7.04. The zero-order valence-corrected chi connectivity index (χ0v) is 14.5. The second-order valence-corrected chi connectivity index (χ2v) is 7.39. The maximum Gasteiger partial charge on any atom is 0.237 e. The predicted octanol–water partition coefficient (Wildman–Crippen LogP) is 1.23. The van der Waals surface area contributed by atoms with E-state index in [9.17, 15) is 4.79 Å². The van der Waals surface area contributed by atoms with Crippen molar-refractivity contribution in [2.45, 2.75) is 25.6 Å². The molecular weight excluding hydrogens is 324 g/mol. The van der Waals surface area contributed by atoms with E-state index < -0.39 is 0 Å². The first kappa shape index (κ1) is 15.8. The molecule has 4 heterocycles. The molecule has 4 rings (SSSR count). The predicted molar refractivity (Wildman–Crippen MR) is 91.8 cm³/mol. The molecular formula is C17H22N4O2S. The fraction of sp³-hybridized carbons (Fsp3) is 0.529. The minimum Gasteiger partial charge on any atom is -0.374 e.